The molecule has 0 saturated carbocycles. The highest BCUT2D eigenvalue weighted by Crippen LogP contribution is 2.05. The van der Waals surface area contributed by atoms with E-state index in [1.165, 1.54) is 5.69 Å². The Bertz CT molecular complexity index is 184. The zero-order valence-electron chi connectivity index (χ0n) is 6.46. The SMILES string of the molecule is B.CC(C)Nc1ccccc1. The van der Waals surface area contributed by atoms with Gasteiger partial charge in [-0.1, -0.05) is 18.2 Å². The van der Waals surface area contributed by atoms with Crippen LogP contribution in [-0.4, -0.2) is 14.5 Å². The van der Waals surface area contributed by atoms with E-state index in [2.05, 4.69) is 31.3 Å². The van der Waals surface area contributed by atoms with Crippen LogP contribution < -0.4 is 5.32 Å². The van der Waals surface area contributed by atoms with Crippen molar-refractivity contribution in [3.63, 3.8) is 0 Å². The van der Waals surface area contributed by atoms with Gasteiger partial charge >= 0.3 is 0 Å². The maximum Gasteiger partial charge on any atom is 0.0814 e. The molecule has 0 fully saturated rings. The van der Waals surface area contributed by atoms with Gasteiger partial charge in [0.2, 0.25) is 0 Å². The van der Waals surface area contributed by atoms with Crippen LogP contribution in [0.5, 0.6) is 0 Å². The number of para-hydroxylation sites is 1. The fourth-order valence-electron chi connectivity index (χ4n) is 0.868. The van der Waals surface area contributed by atoms with E-state index < -0.39 is 0 Å². The number of anilines is 1. The van der Waals surface area contributed by atoms with Crippen molar-refractivity contribution >= 4 is 14.1 Å². The summed E-state index contributed by atoms with van der Waals surface area (Å²) >= 11 is 0. The van der Waals surface area contributed by atoms with Gasteiger partial charge in [0.05, 0.1) is 8.41 Å². The maximum atomic E-state index is 3.30. The lowest BCUT2D eigenvalue weighted by Crippen LogP contribution is -2.08. The second kappa shape index (κ2) is 4.83. The number of nitrogens with one attached hydrogen (secondary N) is 1. The van der Waals surface area contributed by atoms with Crippen molar-refractivity contribution in [3.05, 3.63) is 30.3 Å². The predicted octanol–water partition coefficient (Wildman–Crippen LogP) is 1.32. The molecule has 1 nitrogen and oxygen atoms in total. The van der Waals surface area contributed by atoms with E-state index in [1.807, 2.05) is 18.2 Å². The van der Waals surface area contributed by atoms with Gasteiger partial charge in [-0.05, 0) is 26.0 Å². The normalized spacial score (nSPS) is 9.00. The average molecular weight is 149 g/mol. The summed E-state index contributed by atoms with van der Waals surface area (Å²) in [5.41, 5.74) is 1.19. The lowest BCUT2D eigenvalue weighted by Gasteiger charge is -2.08. The Morgan fingerprint density at radius 1 is 1.09 bits per heavy atom. The molecule has 0 radical (unpaired) electrons. The Kier molecular flexibility index (Phi) is 4.43. The molecule has 0 aliphatic carbocycles. The lowest BCUT2D eigenvalue weighted by molar-refractivity contribution is 0.900. The molecular formula is C9H16BN. The quantitative estimate of drug-likeness (QED) is 0.625. The van der Waals surface area contributed by atoms with E-state index in [0.29, 0.717) is 6.04 Å². The molecule has 0 bridgehead atoms. The minimum atomic E-state index is 0. The maximum absolute atomic E-state index is 3.30. The molecule has 0 aliphatic heterocycles. The molecule has 0 spiro atoms. The Morgan fingerprint density at radius 2 is 1.64 bits per heavy atom. The van der Waals surface area contributed by atoms with Gasteiger partial charge in [0, 0.05) is 11.7 Å². The molecule has 1 aromatic carbocycles. The van der Waals surface area contributed by atoms with Gasteiger partial charge < -0.3 is 5.32 Å². The molecule has 11 heavy (non-hydrogen) atoms. The number of rotatable bonds is 2. The van der Waals surface area contributed by atoms with Crippen LogP contribution in [0, 0.1) is 0 Å². The van der Waals surface area contributed by atoms with Crippen molar-refractivity contribution < 1.29 is 0 Å². The van der Waals surface area contributed by atoms with E-state index >= 15 is 0 Å². The van der Waals surface area contributed by atoms with Crippen molar-refractivity contribution in [2.75, 3.05) is 5.32 Å². The highest BCUT2D eigenvalue weighted by atomic mass is 14.9. The Morgan fingerprint density at radius 3 is 2.09 bits per heavy atom. The molecule has 2 heteroatoms. The third-order valence-electron chi connectivity index (χ3n) is 1.23. The molecule has 0 heterocycles. The van der Waals surface area contributed by atoms with Gasteiger partial charge in [-0.3, -0.25) is 0 Å². The van der Waals surface area contributed by atoms with Crippen LogP contribution in [0.15, 0.2) is 30.3 Å². The topological polar surface area (TPSA) is 12.0 Å². The highest BCUT2D eigenvalue weighted by molar-refractivity contribution is 5.75. The third-order valence-corrected chi connectivity index (χ3v) is 1.23. The van der Waals surface area contributed by atoms with E-state index in [4.69, 9.17) is 0 Å². The summed E-state index contributed by atoms with van der Waals surface area (Å²) in [6, 6.07) is 10.7. The van der Waals surface area contributed by atoms with Crippen LogP contribution >= 0.6 is 0 Å². The molecule has 1 aromatic rings. The van der Waals surface area contributed by atoms with Crippen LogP contribution in [0.25, 0.3) is 0 Å². The highest BCUT2D eigenvalue weighted by Gasteiger charge is 1.90. The molecule has 0 unspecified atom stereocenters. The van der Waals surface area contributed by atoms with Crippen LogP contribution in [0.4, 0.5) is 5.69 Å². The summed E-state index contributed by atoms with van der Waals surface area (Å²) in [6.45, 7) is 4.26. The van der Waals surface area contributed by atoms with Crippen LogP contribution in [0.2, 0.25) is 0 Å². The summed E-state index contributed by atoms with van der Waals surface area (Å²) in [7, 11) is 0. The smallest absolute Gasteiger partial charge is 0.0814 e. The second-order valence-electron chi connectivity index (χ2n) is 2.67. The third kappa shape index (κ3) is 3.71. The van der Waals surface area contributed by atoms with Crippen LogP contribution in [-0.2, 0) is 0 Å². The van der Waals surface area contributed by atoms with E-state index in [1.54, 1.807) is 0 Å². The summed E-state index contributed by atoms with van der Waals surface area (Å²) in [5, 5.41) is 3.30. The molecule has 0 aliphatic rings. The zero-order chi connectivity index (χ0) is 7.40. The van der Waals surface area contributed by atoms with Gasteiger partial charge in [0.15, 0.2) is 0 Å². The summed E-state index contributed by atoms with van der Waals surface area (Å²) in [5.74, 6) is 0. The van der Waals surface area contributed by atoms with Crippen LogP contribution in [0.1, 0.15) is 13.8 Å². The van der Waals surface area contributed by atoms with E-state index in [-0.39, 0.29) is 8.41 Å². The van der Waals surface area contributed by atoms with Crippen molar-refractivity contribution in [3.8, 4) is 0 Å². The van der Waals surface area contributed by atoms with Gasteiger partial charge in [-0.25, -0.2) is 0 Å². The molecule has 60 valence electrons. The molecule has 1 rings (SSSR count). The standard InChI is InChI=1S/C9H13N.BH3/c1-8(2)10-9-6-4-3-5-7-9;/h3-8,10H,1-2H3;1H3. The minimum absolute atomic E-state index is 0. The van der Waals surface area contributed by atoms with Crippen molar-refractivity contribution in [1.82, 2.24) is 0 Å². The molecular weight excluding hydrogens is 133 g/mol. The van der Waals surface area contributed by atoms with Crippen molar-refractivity contribution in [2.45, 2.75) is 19.9 Å². The predicted molar refractivity (Wildman–Crippen MR) is 55.1 cm³/mol. The molecule has 1 N–H and O–H groups in total. The van der Waals surface area contributed by atoms with Crippen LogP contribution in [0.3, 0.4) is 0 Å². The number of benzene rings is 1. The summed E-state index contributed by atoms with van der Waals surface area (Å²) in [6.07, 6.45) is 0. The van der Waals surface area contributed by atoms with Crippen molar-refractivity contribution in [2.24, 2.45) is 0 Å². The lowest BCUT2D eigenvalue weighted by atomic mass is 10.3. The second-order valence-corrected chi connectivity index (χ2v) is 2.67. The Labute approximate surface area is 70.4 Å². The van der Waals surface area contributed by atoms with E-state index in [9.17, 15) is 0 Å². The van der Waals surface area contributed by atoms with Gasteiger partial charge in [0.25, 0.3) is 0 Å². The Balaban J connectivity index is 0.000001000. The molecule has 0 amide bonds. The average Bonchev–Trinajstić information content (AvgIpc) is 1.88. The van der Waals surface area contributed by atoms with Gasteiger partial charge in [-0.2, -0.15) is 0 Å². The van der Waals surface area contributed by atoms with Gasteiger partial charge in [0.1, 0.15) is 0 Å². The number of hydrogen-bond acceptors (Lipinski definition) is 1. The van der Waals surface area contributed by atoms with E-state index in [0.717, 1.165) is 0 Å². The monoisotopic (exact) mass is 149 g/mol. The minimum Gasteiger partial charge on any atom is -0.383 e. The molecule has 0 atom stereocenters. The fourth-order valence-corrected chi connectivity index (χ4v) is 0.868. The zero-order valence-corrected chi connectivity index (χ0v) is 6.46. The molecule has 0 saturated heterocycles. The first-order valence-electron chi connectivity index (χ1n) is 3.60. The Hall–Kier alpha value is -0.915. The number of hydrogen-bond donors (Lipinski definition) is 1. The first-order chi connectivity index (χ1) is 4.79. The van der Waals surface area contributed by atoms with Gasteiger partial charge in [-0.15, -0.1) is 0 Å². The van der Waals surface area contributed by atoms with Crippen molar-refractivity contribution in [1.29, 1.82) is 0 Å². The largest absolute Gasteiger partial charge is 0.383 e. The summed E-state index contributed by atoms with van der Waals surface area (Å²) < 4.78 is 0. The first kappa shape index (κ1) is 10.1. The first-order valence-corrected chi connectivity index (χ1v) is 3.60. The molecule has 0 aromatic heterocycles. The summed E-state index contributed by atoms with van der Waals surface area (Å²) in [4.78, 5) is 0. The fraction of sp³-hybridized carbons (Fsp3) is 0.333.